The largest absolute Gasteiger partial charge is 0.359 e. The summed E-state index contributed by atoms with van der Waals surface area (Å²) < 4.78 is 25.2. The van der Waals surface area contributed by atoms with E-state index in [1.165, 1.54) is 5.56 Å². The topological polar surface area (TPSA) is 3.24 Å². The van der Waals surface area contributed by atoms with E-state index in [2.05, 4.69) is 6.92 Å². The SMILES string of the molecule is CCc1cccc(N2CC(F)(F)C2)c1. The summed E-state index contributed by atoms with van der Waals surface area (Å²) in [6.45, 7) is 1.78. The zero-order valence-corrected chi connectivity index (χ0v) is 8.13. The van der Waals surface area contributed by atoms with Gasteiger partial charge in [-0.2, -0.15) is 0 Å². The maximum atomic E-state index is 12.6. The Morgan fingerprint density at radius 3 is 2.64 bits per heavy atom. The van der Waals surface area contributed by atoms with Crippen LogP contribution in [0.15, 0.2) is 24.3 Å². The van der Waals surface area contributed by atoms with Crippen LogP contribution >= 0.6 is 0 Å². The van der Waals surface area contributed by atoms with E-state index in [1.807, 2.05) is 24.3 Å². The first kappa shape index (κ1) is 9.44. The minimum atomic E-state index is -2.48. The summed E-state index contributed by atoms with van der Waals surface area (Å²) in [5.74, 6) is -2.48. The lowest BCUT2D eigenvalue weighted by Crippen LogP contribution is -2.56. The molecule has 1 aromatic carbocycles. The maximum Gasteiger partial charge on any atom is 0.282 e. The van der Waals surface area contributed by atoms with Crippen LogP contribution < -0.4 is 4.90 Å². The van der Waals surface area contributed by atoms with Gasteiger partial charge in [-0.05, 0) is 24.1 Å². The highest BCUT2D eigenvalue weighted by Crippen LogP contribution is 2.31. The highest BCUT2D eigenvalue weighted by Gasteiger charge is 2.43. The summed E-state index contributed by atoms with van der Waals surface area (Å²) in [4.78, 5) is 1.71. The van der Waals surface area contributed by atoms with Crippen LogP contribution in [0, 0.1) is 0 Å². The summed E-state index contributed by atoms with van der Waals surface area (Å²) in [7, 11) is 0. The van der Waals surface area contributed by atoms with Gasteiger partial charge < -0.3 is 4.90 Å². The Bertz CT molecular complexity index is 328. The Hall–Kier alpha value is -1.12. The standard InChI is InChI=1S/C11H13F2N/c1-2-9-4-3-5-10(6-9)14-7-11(12,13)8-14/h3-6H,2,7-8H2,1H3. The summed E-state index contributed by atoms with van der Waals surface area (Å²) in [6, 6.07) is 7.80. The van der Waals surface area contributed by atoms with Gasteiger partial charge in [-0.25, -0.2) is 8.78 Å². The van der Waals surface area contributed by atoms with E-state index in [-0.39, 0.29) is 13.1 Å². The van der Waals surface area contributed by atoms with E-state index in [0.717, 1.165) is 12.1 Å². The molecule has 0 bridgehead atoms. The smallest absolute Gasteiger partial charge is 0.282 e. The van der Waals surface area contributed by atoms with Gasteiger partial charge in [0, 0.05) is 5.69 Å². The Balaban J connectivity index is 2.11. The molecule has 3 heteroatoms. The van der Waals surface area contributed by atoms with Gasteiger partial charge in [0.05, 0.1) is 13.1 Å². The van der Waals surface area contributed by atoms with E-state index >= 15 is 0 Å². The molecule has 1 aliphatic rings. The van der Waals surface area contributed by atoms with Crippen LogP contribution in [0.4, 0.5) is 14.5 Å². The van der Waals surface area contributed by atoms with Gasteiger partial charge in [0.1, 0.15) is 0 Å². The number of alkyl halides is 2. The number of rotatable bonds is 2. The highest BCUT2D eigenvalue weighted by molar-refractivity contribution is 5.51. The second-order valence-corrected chi connectivity index (χ2v) is 3.74. The molecule has 76 valence electrons. The van der Waals surface area contributed by atoms with E-state index in [0.29, 0.717) is 0 Å². The zero-order chi connectivity index (χ0) is 10.2. The Labute approximate surface area is 82.3 Å². The number of aryl methyl sites for hydroxylation is 1. The van der Waals surface area contributed by atoms with Crippen LogP contribution in [-0.4, -0.2) is 19.0 Å². The lowest BCUT2D eigenvalue weighted by molar-refractivity contribution is -0.0262. The van der Waals surface area contributed by atoms with Crippen molar-refractivity contribution in [3.63, 3.8) is 0 Å². The van der Waals surface area contributed by atoms with Gasteiger partial charge in [-0.1, -0.05) is 19.1 Å². The van der Waals surface area contributed by atoms with Gasteiger partial charge in [-0.3, -0.25) is 0 Å². The fourth-order valence-electron chi connectivity index (χ4n) is 1.67. The van der Waals surface area contributed by atoms with Crippen LogP contribution in [0.1, 0.15) is 12.5 Å². The first-order valence-electron chi connectivity index (χ1n) is 4.82. The van der Waals surface area contributed by atoms with E-state index in [9.17, 15) is 8.78 Å². The molecule has 2 rings (SSSR count). The molecule has 1 aromatic rings. The Morgan fingerprint density at radius 1 is 1.36 bits per heavy atom. The Morgan fingerprint density at radius 2 is 2.07 bits per heavy atom. The molecule has 0 aromatic heterocycles. The molecule has 0 unspecified atom stereocenters. The monoisotopic (exact) mass is 197 g/mol. The second-order valence-electron chi connectivity index (χ2n) is 3.74. The second kappa shape index (κ2) is 3.23. The molecular formula is C11H13F2N. The summed E-state index contributed by atoms with van der Waals surface area (Å²) in [6.07, 6.45) is 0.943. The third kappa shape index (κ3) is 1.72. The van der Waals surface area contributed by atoms with E-state index in [1.54, 1.807) is 4.90 Å². The van der Waals surface area contributed by atoms with Crippen molar-refractivity contribution >= 4 is 5.69 Å². The first-order chi connectivity index (χ1) is 6.61. The molecule has 0 aliphatic carbocycles. The lowest BCUT2D eigenvalue weighted by atomic mass is 10.1. The third-order valence-electron chi connectivity index (χ3n) is 2.53. The molecule has 0 amide bonds. The van der Waals surface area contributed by atoms with Crippen LogP contribution in [0.2, 0.25) is 0 Å². The van der Waals surface area contributed by atoms with E-state index in [4.69, 9.17) is 0 Å². The average molecular weight is 197 g/mol. The minimum absolute atomic E-state index is 0.139. The van der Waals surface area contributed by atoms with Gasteiger partial charge >= 0.3 is 0 Å². The fourth-order valence-corrected chi connectivity index (χ4v) is 1.67. The van der Waals surface area contributed by atoms with Crippen molar-refractivity contribution in [2.24, 2.45) is 0 Å². The molecule has 14 heavy (non-hydrogen) atoms. The molecule has 1 saturated heterocycles. The van der Waals surface area contributed by atoms with Crippen molar-refractivity contribution in [3.05, 3.63) is 29.8 Å². The number of halogens is 2. The fraction of sp³-hybridized carbons (Fsp3) is 0.455. The van der Waals surface area contributed by atoms with Gasteiger partial charge in [0.2, 0.25) is 0 Å². The van der Waals surface area contributed by atoms with Crippen molar-refractivity contribution < 1.29 is 8.78 Å². The zero-order valence-electron chi connectivity index (χ0n) is 8.13. The average Bonchev–Trinajstić information content (AvgIpc) is 2.14. The lowest BCUT2D eigenvalue weighted by Gasteiger charge is -2.40. The maximum absolute atomic E-state index is 12.6. The molecule has 1 fully saturated rings. The quantitative estimate of drug-likeness (QED) is 0.704. The van der Waals surface area contributed by atoms with Crippen molar-refractivity contribution in [2.45, 2.75) is 19.3 Å². The first-order valence-corrected chi connectivity index (χ1v) is 4.82. The van der Waals surface area contributed by atoms with Gasteiger partial charge in [0.25, 0.3) is 5.92 Å². The summed E-state index contributed by atoms with van der Waals surface area (Å²) in [5.41, 5.74) is 2.10. The molecule has 0 spiro atoms. The predicted molar refractivity (Wildman–Crippen MR) is 53.0 cm³/mol. The molecule has 0 N–H and O–H groups in total. The normalized spacial score (nSPS) is 19.2. The number of hydrogen-bond acceptors (Lipinski definition) is 1. The number of nitrogens with zero attached hydrogens (tertiary/aromatic N) is 1. The Kier molecular flexibility index (Phi) is 2.17. The van der Waals surface area contributed by atoms with Crippen molar-refractivity contribution in [1.29, 1.82) is 0 Å². The highest BCUT2D eigenvalue weighted by atomic mass is 19.3. The molecule has 1 nitrogen and oxygen atoms in total. The molecule has 0 radical (unpaired) electrons. The molecule has 1 heterocycles. The molecular weight excluding hydrogens is 184 g/mol. The molecule has 0 atom stereocenters. The van der Waals surface area contributed by atoms with Crippen LogP contribution in [0.5, 0.6) is 0 Å². The summed E-state index contributed by atoms with van der Waals surface area (Å²) >= 11 is 0. The predicted octanol–water partition coefficient (Wildman–Crippen LogP) is 2.70. The van der Waals surface area contributed by atoms with Crippen molar-refractivity contribution in [1.82, 2.24) is 0 Å². The van der Waals surface area contributed by atoms with Crippen LogP contribution in [-0.2, 0) is 6.42 Å². The number of anilines is 1. The van der Waals surface area contributed by atoms with Crippen molar-refractivity contribution in [2.75, 3.05) is 18.0 Å². The van der Waals surface area contributed by atoms with Crippen LogP contribution in [0.25, 0.3) is 0 Å². The molecule has 1 aliphatic heterocycles. The third-order valence-corrected chi connectivity index (χ3v) is 2.53. The van der Waals surface area contributed by atoms with Crippen molar-refractivity contribution in [3.8, 4) is 0 Å². The number of hydrogen-bond donors (Lipinski definition) is 0. The summed E-state index contributed by atoms with van der Waals surface area (Å²) in [5, 5.41) is 0. The van der Waals surface area contributed by atoms with Gasteiger partial charge in [0.15, 0.2) is 0 Å². The van der Waals surface area contributed by atoms with Gasteiger partial charge in [-0.15, -0.1) is 0 Å². The minimum Gasteiger partial charge on any atom is -0.359 e. The number of benzene rings is 1. The van der Waals surface area contributed by atoms with E-state index < -0.39 is 5.92 Å². The molecule has 0 saturated carbocycles. The van der Waals surface area contributed by atoms with Crippen LogP contribution in [0.3, 0.4) is 0 Å².